The maximum atomic E-state index is 12.8. The second-order valence-electron chi connectivity index (χ2n) is 4.73. The molecule has 0 amide bonds. The van der Waals surface area contributed by atoms with Crippen molar-refractivity contribution in [3.63, 3.8) is 0 Å². The van der Waals surface area contributed by atoms with Crippen LogP contribution in [-0.4, -0.2) is 11.5 Å². The SMILES string of the molecule is NCCC(CCc1ccc(F)cc1)c1cccnc1. The van der Waals surface area contributed by atoms with Crippen molar-refractivity contribution < 1.29 is 4.39 Å². The summed E-state index contributed by atoms with van der Waals surface area (Å²) in [5, 5.41) is 0. The Labute approximate surface area is 113 Å². The number of nitrogens with two attached hydrogens (primary N) is 1. The Morgan fingerprint density at radius 1 is 1.11 bits per heavy atom. The van der Waals surface area contributed by atoms with Gasteiger partial charge in [0, 0.05) is 12.4 Å². The summed E-state index contributed by atoms with van der Waals surface area (Å²) in [6.45, 7) is 0.670. The summed E-state index contributed by atoms with van der Waals surface area (Å²) >= 11 is 0. The number of benzene rings is 1. The zero-order valence-corrected chi connectivity index (χ0v) is 10.9. The quantitative estimate of drug-likeness (QED) is 0.863. The first-order chi connectivity index (χ1) is 9.29. The summed E-state index contributed by atoms with van der Waals surface area (Å²) in [6, 6.07) is 10.8. The summed E-state index contributed by atoms with van der Waals surface area (Å²) < 4.78 is 12.8. The van der Waals surface area contributed by atoms with E-state index in [1.165, 1.54) is 17.7 Å². The van der Waals surface area contributed by atoms with Gasteiger partial charge in [-0.05, 0) is 61.1 Å². The molecule has 0 bridgehead atoms. The van der Waals surface area contributed by atoms with Gasteiger partial charge in [-0.1, -0.05) is 18.2 Å². The first-order valence-electron chi connectivity index (χ1n) is 6.64. The molecule has 0 aliphatic rings. The minimum atomic E-state index is -0.186. The van der Waals surface area contributed by atoms with Crippen molar-refractivity contribution in [2.45, 2.75) is 25.2 Å². The second-order valence-corrected chi connectivity index (χ2v) is 4.73. The van der Waals surface area contributed by atoms with Crippen LogP contribution in [0, 0.1) is 5.82 Å². The van der Waals surface area contributed by atoms with E-state index in [1.807, 2.05) is 24.4 Å². The number of aryl methyl sites for hydroxylation is 1. The average molecular weight is 258 g/mol. The maximum absolute atomic E-state index is 12.8. The van der Waals surface area contributed by atoms with Gasteiger partial charge in [0.25, 0.3) is 0 Å². The molecule has 2 nitrogen and oxygen atoms in total. The van der Waals surface area contributed by atoms with E-state index in [-0.39, 0.29) is 5.82 Å². The zero-order chi connectivity index (χ0) is 13.5. The molecule has 1 aromatic heterocycles. The third kappa shape index (κ3) is 4.14. The van der Waals surface area contributed by atoms with Crippen molar-refractivity contribution in [1.29, 1.82) is 0 Å². The highest BCUT2D eigenvalue weighted by atomic mass is 19.1. The molecule has 2 aromatic rings. The third-order valence-corrected chi connectivity index (χ3v) is 3.37. The molecule has 1 unspecified atom stereocenters. The fourth-order valence-electron chi connectivity index (χ4n) is 2.29. The number of aromatic nitrogens is 1. The first kappa shape index (κ1) is 13.7. The smallest absolute Gasteiger partial charge is 0.123 e. The summed E-state index contributed by atoms with van der Waals surface area (Å²) in [6.07, 6.45) is 6.58. The van der Waals surface area contributed by atoms with Crippen LogP contribution in [0.15, 0.2) is 48.8 Å². The summed E-state index contributed by atoms with van der Waals surface area (Å²) in [5.41, 5.74) is 8.08. The largest absolute Gasteiger partial charge is 0.330 e. The van der Waals surface area contributed by atoms with Crippen molar-refractivity contribution in [2.24, 2.45) is 5.73 Å². The van der Waals surface area contributed by atoms with Crippen LogP contribution >= 0.6 is 0 Å². The molecule has 1 aromatic carbocycles. The number of halogens is 1. The molecule has 0 saturated heterocycles. The Balaban J connectivity index is 1.99. The number of nitrogens with zero attached hydrogens (tertiary/aromatic N) is 1. The molecule has 0 fully saturated rings. The fourth-order valence-corrected chi connectivity index (χ4v) is 2.29. The van der Waals surface area contributed by atoms with E-state index in [2.05, 4.69) is 11.1 Å². The van der Waals surface area contributed by atoms with Crippen molar-refractivity contribution >= 4 is 0 Å². The van der Waals surface area contributed by atoms with Gasteiger partial charge in [-0.2, -0.15) is 0 Å². The van der Waals surface area contributed by atoms with Crippen LogP contribution in [-0.2, 0) is 6.42 Å². The average Bonchev–Trinajstić information content (AvgIpc) is 2.46. The Kier molecular flexibility index (Phi) is 5.04. The lowest BCUT2D eigenvalue weighted by Crippen LogP contribution is -2.09. The molecule has 0 aliphatic heterocycles. The van der Waals surface area contributed by atoms with Gasteiger partial charge in [-0.15, -0.1) is 0 Å². The first-order valence-corrected chi connectivity index (χ1v) is 6.64. The number of rotatable bonds is 6. The van der Waals surface area contributed by atoms with Gasteiger partial charge >= 0.3 is 0 Å². The van der Waals surface area contributed by atoms with Crippen LogP contribution in [0.1, 0.15) is 29.9 Å². The second kappa shape index (κ2) is 7.00. The standard InChI is InChI=1S/C16H19FN2/c17-16-7-4-13(5-8-16)3-6-14(9-10-18)15-2-1-11-19-12-15/h1-2,4-5,7-8,11-12,14H,3,6,9-10,18H2. The minimum absolute atomic E-state index is 0.186. The lowest BCUT2D eigenvalue weighted by atomic mass is 9.91. The normalized spacial score (nSPS) is 12.3. The van der Waals surface area contributed by atoms with Crippen LogP contribution in [0.3, 0.4) is 0 Å². The predicted octanol–water partition coefficient (Wildman–Crippen LogP) is 3.29. The molecule has 2 rings (SSSR count). The van der Waals surface area contributed by atoms with Gasteiger partial charge in [0.15, 0.2) is 0 Å². The van der Waals surface area contributed by atoms with E-state index in [0.717, 1.165) is 24.8 Å². The third-order valence-electron chi connectivity index (χ3n) is 3.37. The Bertz CT molecular complexity index is 482. The number of pyridine rings is 1. The van der Waals surface area contributed by atoms with Gasteiger partial charge in [-0.3, -0.25) is 4.98 Å². The monoisotopic (exact) mass is 258 g/mol. The lowest BCUT2D eigenvalue weighted by molar-refractivity contribution is 0.581. The van der Waals surface area contributed by atoms with E-state index < -0.39 is 0 Å². The highest BCUT2D eigenvalue weighted by molar-refractivity contribution is 5.19. The fraction of sp³-hybridized carbons (Fsp3) is 0.312. The van der Waals surface area contributed by atoms with Crippen molar-refractivity contribution in [2.75, 3.05) is 6.54 Å². The zero-order valence-electron chi connectivity index (χ0n) is 10.9. The molecule has 19 heavy (non-hydrogen) atoms. The van der Waals surface area contributed by atoms with Crippen LogP contribution in [0.5, 0.6) is 0 Å². The van der Waals surface area contributed by atoms with Gasteiger partial charge in [0.1, 0.15) is 5.82 Å². The van der Waals surface area contributed by atoms with Gasteiger partial charge in [0.2, 0.25) is 0 Å². The highest BCUT2D eigenvalue weighted by Gasteiger charge is 2.11. The molecule has 100 valence electrons. The van der Waals surface area contributed by atoms with E-state index in [4.69, 9.17) is 5.73 Å². The lowest BCUT2D eigenvalue weighted by Gasteiger charge is -2.16. The Morgan fingerprint density at radius 2 is 1.89 bits per heavy atom. The number of hydrogen-bond donors (Lipinski definition) is 1. The van der Waals surface area contributed by atoms with E-state index in [1.54, 1.807) is 6.20 Å². The maximum Gasteiger partial charge on any atom is 0.123 e. The molecule has 1 atom stereocenters. The van der Waals surface area contributed by atoms with Gasteiger partial charge in [0.05, 0.1) is 0 Å². The van der Waals surface area contributed by atoms with Crippen molar-refractivity contribution in [1.82, 2.24) is 4.98 Å². The molecule has 3 heteroatoms. The Morgan fingerprint density at radius 3 is 2.53 bits per heavy atom. The van der Waals surface area contributed by atoms with Gasteiger partial charge < -0.3 is 5.73 Å². The summed E-state index contributed by atoms with van der Waals surface area (Å²) in [7, 11) is 0. The van der Waals surface area contributed by atoms with E-state index in [0.29, 0.717) is 12.5 Å². The molecule has 1 heterocycles. The minimum Gasteiger partial charge on any atom is -0.330 e. The van der Waals surface area contributed by atoms with Crippen LogP contribution < -0.4 is 5.73 Å². The molecular formula is C16H19FN2. The van der Waals surface area contributed by atoms with Crippen molar-refractivity contribution in [3.8, 4) is 0 Å². The van der Waals surface area contributed by atoms with E-state index >= 15 is 0 Å². The molecule has 0 aliphatic carbocycles. The van der Waals surface area contributed by atoms with Crippen molar-refractivity contribution in [3.05, 3.63) is 65.7 Å². The van der Waals surface area contributed by atoms with Crippen LogP contribution in [0.25, 0.3) is 0 Å². The summed E-state index contributed by atoms with van der Waals surface area (Å²) in [5.74, 6) is 0.235. The molecular weight excluding hydrogens is 239 g/mol. The Hall–Kier alpha value is -1.74. The predicted molar refractivity (Wildman–Crippen MR) is 75.4 cm³/mol. The molecule has 0 saturated carbocycles. The van der Waals surface area contributed by atoms with Crippen LogP contribution in [0.4, 0.5) is 4.39 Å². The van der Waals surface area contributed by atoms with Crippen LogP contribution in [0.2, 0.25) is 0 Å². The van der Waals surface area contributed by atoms with E-state index in [9.17, 15) is 4.39 Å². The molecule has 0 spiro atoms. The summed E-state index contributed by atoms with van der Waals surface area (Å²) in [4.78, 5) is 4.16. The molecule has 2 N–H and O–H groups in total. The van der Waals surface area contributed by atoms with Gasteiger partial charge in [-0.25, -0.2) is 4.39 Å². The number of hydrogen-bond acceptors (Lipinski definition) is 2. The highest BCUT2D eigenvalue weighted by Crippen LogP contribution is 2.24. The topological polar surface area (TPSA) is 38.9 Å². The molecule has 0 radical (unpaired) electrons.